The molecule has 0 bridgehead atoms. The topological polar surface area (TPSA) is 43.1 Å². The highest BCUT2D eigenvalue weighted by Crippen LogP contribution is 2.33. The fourth-order valence-electron chi connectivity index (χ4n) is 3.01. The van der Waals surface area contributed by atoms with Crippen molar-refractivity contribution in [3.05, 3.63) is 59.4 Å². The van der Waals surface area contributed by atoms with E-state index in [1.54, 1.807) is 0 Å². The van der Waals surface area contributed by atoms with Gasteiger partial charge in [0.15, 0.2) is 0 Å². The molecule has 2 N–H and O–H groups in total. The van der Waals surface area contributed by atoms with Crippen molar-refractivity contribution >= 4 is 16.5 Å². The van der Waals surface area contributed by atoms with Crippen LogP contribution in [0.3, 0.4) is 0 Å². The molecular formula is C17H18FNOS. The first-order valence-electron chi connectivity index (χ1n) is 7.16. The average Bonchev–Trinajstić information content (AvgIpc) is 2.50. The van der Waals surface area contributed by atoms with Gasteiger partial charge in [0.25, 0.3) is 0 Å². The summed E-state index contributed by atoms with van der Waals surface area (Å²) in [4.78, 5) is 0.415. The lowest BCUT2D eigenvalue weighted by atomic mass is 9.84. The lowest BCUT2D eigenvalue weighted by molar-refractivity contribution is 0.587. The van der Waals surface area contributed by atoms with E-state index in [1.807, 2.05) is 12.1 Å². The lowest BCUT2D eigenvalue weighted by Crippen LogP contribution is -2.16. The van der Waals surface area contributed by atoms with E-state index in [9.17, 15) is 8.60 Å². The summed E-state index contributed by atoms with van der Waals surface area (Å²) in [5.41, 5.74) is 8.86. The molecule has 110 valence electrons. The highest BCUT2D eigenvalue weighted by molar-refractivity contribution is 7.85. The third-order valence-electron chi connectivity index (χ3n) is 4.07. The standard InChI is InChI=1S/C17H18FNOS/c18-14-8-9-16(19)17(10-14)21(20)11-13-6-3-5-12-4-1-2-7-15(12)13/h1-2,4,7-10,13H,3,5-6,11,19H2. The molecule has 2 aromatic rings. The summed E-state index contributed by atoms with van der Waals surface area (Å²) in [6.45, 7) is 0. The van der Waals surface area contributed by atoms with Gasteiger partial charge in [0, 0.05) is 11.4 Å². The Bertz CT molecular complexity index is 686. The summed E-state index contributed by atoms with van der Waals surface area (Å²) in [7, 11) is -1.28. The van der Waals surface area contributed by atoms with Crippen molar-refractivity contribution in [3.8, 4) is 0 Å². The molecule has 21 heavy (non-hydrogen) atoms. The van der Waals surface area contributed by atoms with Crippen LogP contribution in [0.4, 0.5) is 10.1 Å². The third kappa shape index (κ3) is 3.00. The van der Waals surface area contributed by atoms with E-state index >= 15 is 0 Å². The molecule has 0 spiro atoms. The first-order valence-corrected chi connectivity index (χ1v) is 8.48. The number of anilines is 1. The van der Waals surface area contributed by atoms with Crippen molar-refractivity contribution < 1.29 is 8.60 Å². The van der Waals surface area contributed by atoms with E-state index in [0.717, 1.165) is 19.3 Å². The van der Waals surface area contributed by atoms with Crippen LogP contribution in [0, 0.1) is 5.82 Å². The molecule has 0 aromatic heterocycles. The Hall–Kier alpha value is -1.68. The number of hydrogen-bond donors (Lipinski definition) is 1. The van der Waals surface area contributed by atoms with Gasteiger partial charge in [0.05, 0.1) is 15.7 Å². The van der Waals surface area contributed by atoms with Crippen LogP contribution < -0.4 is 5.73 Å². The Morgan fingerprint density at radius 3 is 2.90 bits per heavy atom. The molecule has 3 rings (SSSR count). The summed E-state index contributed by atoms with van der Waals surface area (Å²) in [6.07, 6.45) is 3.22. The van der Waals surface area contributed by atoms with E-state index in [-0.39, 0.29) is 5.92 Å². The van der Waals surface area contributed by atoms with Crippen molar-refractivity contribution in [1.29, 1.82) is 0 Å². The zero-order valence-corrected chi connectivity index (χ0v) is 12.5. The van der Waals surface area contributed by atoms with Crippen molar-refractivity contribution in [2.24, 2.45) is 0 Å². The lowest BCUT2D eigenvalue weighted by Gasteiger charge is -2.25. The van der Waals surface area contributed by atoms with E-state index in [2.05, 4.69) is 12.1 Å². The number of halogens is 1. The molecule has 0 aliphatic heterocycles. The Morgan fingerprint density at radius 1 is 1.24 bits per heavy atom. The zero-order valence-electron chi connectivity index (χ0n) is 11.7. The van der Waals surface area contributed by atoms with Gasteiger partial charge in [-0.3, -0.25) is 4.21 Å². The van der Waals surface area contributed by atoms with Crippen molar-refractivity contribution in [3.63, 3.8) is 0 Å². The van der Waals surface area contributed by atoms with E-state index in [4.69, 9.17) is 5.73 Å². The molecule has 0 amide bonds. The van der Waals surface area contributed by atoms with Crippen molar-refractivity contribution in [2.45, 2.75) is 30.1 Å². The summed E-state index contributed by atoms with van der Waals surface area (Å²) in [6, 6.07) is 12.4. The number of nitrogen functional groups attached to an aromatic ring is 1. The minimum Gasteiger partial charge on any atom is -0.398 e. The summed E-state index contributed by atoms with van der Waals surface area (Å²) >= 11 is 0. The summed E-state index contributed by atoms with van der Waals surface area (Å²) < 4.78 is 25.9. The highest BCUT2D eigenvalue weighted by Gasteiger charge is 2.23. The van der Waals surface area contributed by atoms with Gasteiger partial charge in [-0.2, -0.15) is 0 Å². The van der Waals surface area contributed by atoms with Crippen molar-refractivity contribution in [2.75, 3.05) is 11.5 Å². The summed E-state index contributed by atoms with van der Waals surface area (Å²) in [5, 5.41) is 0. The SMILES string of the molecule is Nc1ccc(F)cc1S(=O)CC1CCCc2ccccc21. The maximum atomic E-state index is 13.3. The molecule has 2 atom stereocenters. The number of rotatable bonds is 3. The number of nitrogens with two attached hydrogens (primary N) is 1. The summed E-state index contributed by atoms with van der Waals surface area (Å²) in [5.74, 6) is 0.375. The number of hydrogen-bond acceptors (Lipinski definition) is 2. The first kappa shape index (κ1) is 14.3. The molecule has 4 heteroatoms. The van der Waals surface area contributed by atoms with Crippen LogP contribution in [0.15, 0.2) is 47.4 Å². The molecule has 0 saturated carbocycles. The maximum Gasteiger partial charge on any atom is 0.124 e. The second kappa shape index (κ2) is 5.98. The van der Waals surface area contributed by atoms with E-state index in [1.165, 1.54) is 29.3 Å². The molecule has 0 fully saturated rings. The number of benzene rings is 2. The largest absolute Gasteiger partial charge is 0.398 e. The first-order chi connectivity index (χ1) is 10.1. The van der Waals surface area contributed by atoms with Gasteiger partial charge < -0.3 is 5.73 Å². The predicted molar refractivity (Wildman–Crippen MR) is 84.2 cm³/mol. The Labute approximate surface area is 126 Å². The Balaban J connectivity index is 1.84. The Morgan fingerprint density at radius 2 is 2.05 bits per heavy atom. The average molecular weight is 303 g/mol. The van der Waals surface area contributed by atoms with Crippen LogP contribution >= 0.6 is 0 Å². The Kier molecular flexibility index (Phi) is 4.06. The molecule has 1 aliphatic rings. The molecule has 2 nitrogen and oxygen atoms in total. The van der Waals surface area contributed by atoms with Gasteiger partial charge >= 0.3 is 0 Å². The fourth-order valence-corrected chi connectivity index (χ4v) is 4.47. The molecule has 0 heterocycles. The monoisotopic (exact) mass is 303 g/mol. The van der Waals surface area contributed by atoms with Crippen LogP contribution in [-0.4, -0.2) is 9.96 Å². The maximum absolute atomic E-state index is 13.3. The van der Waals surface area contributed by atoms with Crippen molar-refractivity contribution in [1.82, 2.24) is 0 Å². The van der Waals surface area contributed by atoms with E-state index in [0.29, 0.717) is 16.3 Å². The minimum absolute atomic E-state index is 0.262. The van der Waals surface area contributed by atoms with Crippen LogP contribution in [0.2, 0.25) is 0 Å². The number of fused-ring (bicyclic) bond motifs is 1. The predicted octanol–water partition coefficient (Wildman–Crippen LogP) is 3.64. The molecule has 2 unspecified atom stereocenters. The highest BCUT2D eigenvalue weighted by atomic mass is 32.2. The second-order valence-corrected chi connectivity index (χ2v) is 6.95. The normalized spacial score (nSPS) is 19.0. The van der Waals surface area contributed by atoms with Crippen LogP contribution in [0.1, 0.15) is 29.9 Å². The quantitative estimate of drug-likeness (QED) is 0.880. The van der Waals surface area contributed by atoms with Gasteiger partial charge in [0.1, 0.15) is 5.82 Å². The number of aryl methyl sites for hydroxylation is 1. The van der Waals surface area contributed by atoms with E-state index < -0.39 is 16.6 Å². The van der Waals surface area contributed by atoms with Crippen LogP contribution in [-0.2, 0) is 17.2 Å². The molecule has 2 aromatic carbocycles. The third-order valence-corrected chi connectivity index (χ3v) is 5.62. The smallest absolute Gasteiger partial charge is 0.124 e. The van der Waals surface area contributed by atoms with Gasteiger partial charge in [-0.15, -0.1) is 0 Å². The second-order valence-electron chi connectivity index (χ2n) is 5.48. The molecule has 0 radical (unpaired) electrons. The molecular weight excluding hydrogens is 285 g/mol. The fraction of sp³-hybridized carbons (Fsp3) is 0.294. The van der Waals surface area contributed by atoms with Gasteiger partial charge in [-0.1, -0.05) is 24.3 Å². The van der Waals surface area contributed by atoms with Crippen LogP contribution in [0.5, 0.6) is 0 Å². The van der Waals surface area contributed by atoms with Gasteiger partial charge in [0.2, 0.25) is 0 Å². The molecule has 1 aliphatic carbocycles. The van der Waals surface area contributed by atoms with Gasteiger partial charge in [-0.25, -0.2) is 4.39 Å². The zero-order chi connectivity index (χ0) is 14.8. The molecule has 0 saturated heterocycles. The minimum atomic E-state index is -1.28. The van der Waals surface area contributed by atoms with Gasteiger partial charge in [-0.05, 0) is 54.5 Å². The van der Waals surface area contributed by atoms with Crippen LogP contribution in [0.25, 0.3) is 0 Å².